The largest absolute Gasteiger partial charge is 0.506 e. The highest BCUT2D eigenvalue weighted by Gasteiger charge is 2.05. The van der Waals surface area contributed by atoms with Crippen LogP contribution in [0, 0.1) is 0 Å². The van der Waals surface area contributed by atoms with E-state index in [0.29, 0.717) is 10.6 Å². The third kappa shape index (κ3) is 3.08. The summed E-state index contributed by atoms with van der Waals surface area (Å²) in [5.74, 6) is 0.0366. The average Bonchev–Trinajstić information content (AvgIpc) is 2.33. The molecule has 0 saturated heterocycles. The topological polar surface area (TPSA) is 32.6 Å². The lowest BCUT2D eigenvalue weighted by molar-refractivity contribution is 0.474. The van der Waals surface area contributed by atoms with Gasteiger partial charge in [0, 0.05) is 16.3 Å². The van der Waals surface area contributed by atoms with Crippen molar-refractivity contribution in [3.63, 3.8) is 0 Å². The summed E-state index contributed by atoms with van der Waals surface area (Å²) in [5.41, 5.74) is 1.40. The summed E-state index contributed by atoms with van der Waals surface area (Å²) in [6.45, 7) is 0. The molecule has 0 radical (unpaired) electrons. The van der Waals surface area contributed by atoms with E-state index in [9.17, 15) is 5.11 Å². The van der Waals surface area contributed by atoms with Gasteiger partial charge in [0.15, 0.2) is 0 Å². The Hall–Kier alpha value is -1.32. The molecule has 0 heterocycles. The van der Waals surface area contributed by atoms with Crippen LogP contribution in [0.15, 0.2) is 51.9 Å². The summed E-state index contributed by atoms with van der Waals surface area (Å²) < 4.78 is 0.801. The fourth-order valence-corrected chi connectivity index (χ4v) is 2.18. The van der Waals surface area contributed by atoms with Crippen LogP contribution < -0.4 is 0 Å². The zero-order valence-corrected chi connectivity index (χ0v) is 11.1. The molecule has 0 unspecified atom stereocenters. The van der Waals surface area contributed by atoms with E-state index in [2.05, 4.69) is 20.9 Å². The molecule has 1 N–H and O–H groups in total. The maximum Gasteiger partial charge on any atom is 0.143 e. The number of aromatic hydroxyl groups is 1. The van der Waals surface area contributed by atoms with Crippen LogP contribution >= 0.6 is 27.5 Å². The fraction of sp³-hybridized carbons (Fsp3) is 0. The Labute approximate surface area is 113 Å². The average molecular weight is 311 g/mol. The zero-order valence-electron chi connectivity index (χ0n) is 8.77. The minimum absolute atomic E-state index is 0.0366. The quantitative estimate of drug-likeness (QED) is 0.810. The van der Waals surface area contributed by atoms with Crippen molar-refractivity contribution in [1.29, 1.82) is 0 Å². The minimum atomic E-state index is 0.0366. The Kier molecular flexibility index (Phi) is 3.82. The molecule has 0 spiro atoms. The Bertz CT molecular complexity index is 555. The first-order chi connectivity index (χ1) is 8.16. The molecule has 0 bridgehead atoms. The lowest BCUT2D eigenvalue weighted by Crippen LogP contribution is -1.83. The van der Waals surface area contributed by atoms with Gasteiger partial charge in [-0.1, -0.05) is 45.7 Å². The van der Waals surface area contributed by atoms with Crippen molar-refractivity contribution in [3.05, 3.63) is 57.5 Å². The second kappa shape index (κ2) is 5.34. The summed E-state index contributed by atoms with van der Waals surface area (Å²) in [6, 6.07) is 12.9. The van der Waals surface area contributed by atoms with Gasteiger partial charge in [0.2, 0.25) is 0 Å². The molecule has 2 rings (SSSR count). The lowest BCUT2D eigenvalue weighted by Gasteiger charge is -2.02. The molecule has 86 valence electrons. The minimum Gasteiger partial charge on any atom is -0.506 e. The summed E-state index contributed by atoms with van der Waals surface area (Å²) in [5, 5.41) is 10.1. The number of phenolic OH excluding ortho intramolecular Hbond substituents is 1. The predicted molar refractivity (Wildman–Crippen MR) is 74.5 cm³/mol. The summed E-state index contributed by atoms with van der Waals surface area (Å²) in [7, 11) is 0. The molecule has 0 atom stereocenters. The number of phenols is 1. The van der Waals surface area contributed by atoms with Gasteiger partial charge in [-0.05, 0) is 24.3 Å². The first kappa shape index (κ1) is 12.1. The van der Waals surface area contributed by atoms with Crippen LogP contribution in [0.4, 0.5) is 5.69 Å². The van der Waals surface area contributed by atoms with Gasteiger partial charge < -0.3 is 5.11 Å². The molecule has 2 aromatic carbocycles. The van der Waals surface area contributed by atoms with Crippen molar-refractivity contribution in [2.45, 2.75) is 0 Å². The van der Waals surface area contributed by atoms with E-state index in [1.807, 2.05) is 30.3 Å². The zero-order chi connectivity index (χ0) is 12.3. The summed E-state index contributed by atoms with van der Waals surface area (Å²) in [4.78, 5) is 4.26. The van der Waals surface area contributed by atoms with Gasteiger partial charge in [-0.25, -0.2) is 0 Å². The summed E-state index contributed by atoms with van der Waals surface area (Å²) in [6.07, 6.45) is 1.58. The molecule has 0 amide bonds. The van der Waals surface area contributed by atoms with Gasteiger partial charge in [0.1, 0.15) is 5.75 Å². The van der Waals surface area contributed by atoms with Crippen LogP contribution in [-0.4, -0.2) is 11.3 Å². The maximum atomic E-state index is 9.76. The van der Waals surface area contributed by atoms with E-state index in [1.165, 1.54) is 0 Å². The van der Waals surface area contributed by atoms with Crippen molar-refractivity contribution < 1.29 is 5.11 Å². The van der Waals surface area contributed by atoms with Crippen LogP contribution in [0.2, 0.25) is 5.02 Å². The van der Waals surface area contributed by atoms with Crippen molar-refractivity contribution in [1.82, 2.24) is 0 Å². The Morgan fingerprint density at radius 2 is 1.88 bits per heavy atom. The molecule has 0 fully saturated rings. The van der Waals surface area contributed by atoms with E-state index in [0.717, 1.165) is 10.2 Å². The van der Waals surface area contributed by atoms with Crippen molar-refractivity contribution in [3.8, 4) is 5.75 Å². The molecule has 2 nitrogen and oxygen atoms in total. The fourth-order valence-electron chi connectivity index (χ4n) is 1.34. The van der Waals surface area contributed by atoms with Crippen molar-refractivity contribution in [2.24, 2.45) is 4.99 Å². The van der Waals surface area contributed by atoms with Gasteiger partial charge in [0.05, 0.1) is 10.7 Å². The van der Waals surface area contributed by atoms with Gasteiger partial charge >= 0.3 is 0 Å². The molecule has 0 aliphatic heterocycles. The second-order valence-corrected chi connectivity index (χ2v) is 4.74. The number of benzene rings is 2. The van der Waals surface area contributed by atoms with E-state index in [1.54, 1.807) is 18.3 Å². The monoisotopic (exact) mass is 309 g/mol. The van der Waals surface area contributed by atoms with Crippen LogP contribution in [-0.2, 0) is 0 Å². The number of hydrogen-bond donors (Lipinski definition) is 1. The number of nitrogens with zero attached hydrogens (tertiary/aromatic N) is 1. The molecule has 0 saturated carbocycles. The van der Waals surface area contributed by atoms with Crippen LogP contribution in [0.25, 0.3) is 0 Å². The number of hydrogen-bond acceptors (Lipinski definition) is 2. The van der Waals surface area contributed by atoms with Crippen LogP contribution in [0.3, 0.4) is 0 Å². The second-order valence-electron chi connectivity index (χ2n) is 3.42. The number of aliphatic imine (C=N–C) groups is 1. The molecule has 4 heteroatoms. The van der Waals surface area contributed by atoms with E-state index < -0.39 is 0 Å². The Balaban J connectivity index is 2.33. The predicted octanol–water partition coefficient (Wildman–Crippen LogP) is 4.56. The number of rotatable bonds is 2. The molecule has 0 aromatic heterocycles. The van der Waals surface area contributed by atoms with Gasteiger partial charge in [0.25, 0.3) is 0 Å². The van der Waals surface area contributed by atoms with Crippen LogP contribution in [0.5, 0.6) is 5.75 Å². The third-order valence-corrected chi connectivity index (χ3v) is 2.91. The van der Waals surface area contributed by atoms with Gasteiger partial charge in [-0.3, -0.25) is 4.99 Å². The summed E-state index contributed by atoms with van der Waals surface area (Å²) >= 11 is 9.18. The molecular formula is C13H9BrClNO. The lowest BCUT2D eigenvalue weighted by atomic mass is 10.2. The molecule has 0 aliphatic carbocycles. The Morgan fingerprint density at radius 1 is 1.18 bits per heavy atom. The van der Waals surface area contributed by atoms with E-state index >= 15 is 0 Å². The van der Waals surface area contributed by atoms with E-state index in [4.69, 9.17) is 11.6 Å². The maximum absolute atomic E-state index is 9.76. The van der Waals surface area contributed by atoms with Crippen LogP contribution in [0.1, 0.15) is 5.56 Å². The highest BCUT2D eigenvalue weighted by Crippen LogP contribution is 2.30. The van der Waals surface area contributed by atoms with Gasteiger partial charge in [-0.2, -0.15) is 0 Å². The normalized spacial score (nSPS) is 10.9. The van der Waals surface area contributed by atoms with E-state index in [-0.39, 0.29) is 5.75 Å². The first-order valence-corrected chi connectivity index (χ1v) is 6.11. The molecule has 17 heavy (non-hydrogen) atoms. The third-order valence-electron chi connectivity index (χ3n) is 2.17. The SMILES string of the molecule is Oc1c(Cl)cc(Br)cc1C=Nc1ccccc1. The van der Waals surface area contributed by atoms with Crippen molar-refractivity contribution >= 4 is 39.4 Å². The highest BCUT2D eigenvalue weighted by molar-refractivity contribution is 9.10. The number of halogens is 2. The van der Waals surface area contributed by atoms with Crippen molar-refractivity contribution in [2.75, 3.05) is 0 Å². The highest BCUT2D eigenvalue weighted by atomic mass is 79.9. The number of para-hydroxylation sites is 1. The molecule has 2 aromatic rings. The van der Waals surface area contributed by atoms with Gasteiger partial charge in [-0.15, -0.1) is 0 Å². The standard InChI is InChI=1S/C13H9BrClNO/c14-10-6-9(13(17)12(15)7-10)8-16-11-4-2-1-3-5-11/h1-8,17H. The molecular weight excluding hydrogens is 302 g/mol. The molecule has 0 aliphatic rings. The first-order valence-electron chi connectivity index (χ1n) is 4.94. The smallest absolute Gasteiger partial charge is 0.143 e. The Morgan fingerprint density at radius 3 is 2.59 bits per heavy atom.